The van der Waals surface area contributed by atoms with Crippen LogP contribution in [0.3, 0.4) is 0 Å². The molecule has 7 nitrogen and oxygen atoms in total. The Morgan fingerprint density at radius 1 is 1.11 bits per heavy atom. The van der Waals surface area contributed by atoms with Gasteiger partial charge in [-0.2, -0.15) is 0 Å². The number of unbranched alkanes of at least 4 members (excludes halogenated alkanes) is 2. The summed E-state index contributed by atoms with van der Waals surface area (Å²) in [4.78, 5) is 10.8. The lowest BCUT2D eigenvalue weighted by molar-refractivity contribution is -0.146. The normalized spacial score (nSPS) is 15.7. The van der Waals surface area contributed by atoms with E-state index in [2.05, 4.69) is 4.74 Å². The Morgan fingerprint density at radius 3 is 2.74 bits per heavy atom. The molecule has 1 aromatic rings. The van der Waals surface area contributed by atoms with Crippen molar-refractivity contribution in [3.8, 4) is 11.5 Å². The third-order valence-corrected chi connectivity index (χ3v) is 4.29. The first kappa shape index (κ1) is 21.5. The van der Waals surface area contributed by atoms with E-state index in [9.17, 15) is 4.79 Å². The number of carbonyl (C=O) groups is 1. The van der Waals surface area contributed by atoms with E-state index in [1.165, 1.54) is 7.11 Å². The van der Waals surface area contributed by atoms with Crippen LogP contribution in [-0.2, 0) is 19.0 Å². The van der Waals surface area contributed by atoms with Crippen LogP contribution in [0.15, 0.2) is 18.2 Å². The average molecular weight is 381 g/mol. The van der Waals surface area contributed by atoms with Gasteiger partial charge >= 0.3 is 5.97 Å². The van der Waals surface area contributed by atoms with Crippen molar-refractivity contribution in [3.05, 3.63) is 23.8 Å². The van der Waals surface area contributed by atoms with E-state index in [-0.39, 0.29) is 18.6 Å². The maximum absolute atomic E-state index is 10.8. The lowest BCUT2D eigenvalue weighted by Crippen LogP contribution is -2.20. The first-order valence-electron chi connectivity index (χ1n) is 9.58. The Balaban J connectivity index is 1.44. The van der Waals surface area contributed by atoms with Gasteiger partial charge in [-0.3, -0.25) is 0 Å². The molecule has 0 fully saturated rings. The highest BCUT2D eigenvalue weighted by Gasteiger charge is 2.18. The third-order valence-electron chi connectivity index (χ3n) is 4.29. The fraction of sp³-hybridized carbons (Fsp3) is 0.650. The van der Waals surface area contributed by atoms with Gasteiger partial charge in [0.25, 0.3) is 0 Å². The van der Waals surface area contributed by atoms with Crippen LogP contribution in [0, 0.1) is 0 Å². The summed E-state index contributed by atoms with van der Waals surface area (Å²) in [6.07, 6.45) is 4.63. The van der Waals surface area contributed by atoms with Crippen LogP contribution in [0.5, 0.6) is 11.5 Å². The number of benzene rings is 1. The van der Waals surface area contributed by atoms with E-state index in [1.807, 2.05) is 18.2 Å². The van der Waals surface area contributed by atoms with Gasteiger partial charge in [0.1, 0.15) is 18.1 Å². The molecule has 0 saturated heterocycles. The first-order valence-corrected chi connectivity index (χ1v) is 9.58. The molecule has 1 heterocycles. The van der Waals surface area contributed by atoms with Gasteiger partial charge in [0.15, 0.2) is 0 Å². The van der Waals surface area contributed by atoms with Crippen molar-refractivity contribution >= 4 is 5.97 Å². The Kier molecular flexibility index (Phi) is 9.97. The molecule has 7 heteroatoms. The number of ether oxygens (including phenoxy) is 5. The second-order valence-electron chi connectivity index (χ2n) is 6.45. The van der Waals surface area contributed by atoms with E-state index < -0.39 is 0 Å². The van der Waals surface area contributed by atoms with Crippen LogP contribution in [0.2, 0.25) is 0 Å². The zero-order chi connectivity index (χ0) is 19.3. The lowest BCUT2D eigenvalue weighted by atomic mass is 10.0. The van der Waals surface area contributed by atoms with Gasteiger partial charge in [-0.25, -0.2) is 4.79 Å². The van der Waals surface area contributed by atoms with Crippen LogP contribution in [0.25, 0.3) is 0 Å². The molecule has 1 aliphatic rings. The number of rotatable bonds is 13. The fourth-order valence-corrected chi connectivity index (χ4v) is 2.74. The van der Waals surface area contributed by atoms with E-state index in [0.29, 0.717) is 26.4 Å². The summed E-state index contributed by atoms with van der Waals surface area (Å²) >= 11 is 0. The van der Waals surface area contributed by atoms with Crippen LogP contribution < -0.4 is 15.2 Å². The number of hydrogen-bond donors (Lipinski definition) is 1. The Bertz CT molecular complexity index is 565. The molecule has 1 aliphatic heterocycles. The van der Waals surface area contributed by atoms with Gasteiger partial charge < -0.3 is 29.4 Å². The number of nitrogens with two attached hydrogens (primary N) is 1. The molecule has 0 radical (unpaired) electrons. The average Bonchev–Trinajstić information content (AvgIpc) is 2.69. The van der Waals surface area contributed by atoms with Gasteiger partial charge in [0.05, 0.1) is 20.3 Å². The Labute approximate surface area is 161 Å². The molecule has 0 unspecified atom stereocenters. The van der Waals surface area contributed by atoms with Crippen molar-refractivity contribution in [3.63, 3.8) is 0 Å². The highest BCUT2D eigenvalue weighted by Crippen LogP contribution is 2.33. The van der Waals surface area contributed by atoms with Crippen molar-refractivity contribution in [2.45, 2.75) is 38.1 Å². The molecule has 2 N–H and O–H groups in total. The number of hydrogen-bond acceptors (Lipinski definition) is 7. The van der Waals surface area contributed by atoms with Gasteiger partial charge in [-0.1, -0.05) is 0 Å². The molecule has 0 aromatic heterocycles. The van der Waals surface area contributed by atoms with E-state index in [4.69, 9.17) is 24.7 Å². The van der Waals surface area contributed by atoms with E-state index in [1.54, 1.807) is 0 Å². The molecule has 2 rings (SSSR count). The minimum Gasteiger partial charge on any atom is -0.494 e. The second kappa shape index (κ2) is 12.5. The summed E-state index contributed by atoms with van der Waals surface area (Å²) in [6, 6.07) is 5.89. The number of methoxy groups -OCH3 is 1. The first-order chi connectivity index (χ1) is 13.2. The summed E-state index contributed by atoms with van der Waals surface area (Å²) in [6.45, 7) is 3.21. The van der Waals surface area contributed by atoms with Crippen LogP contribution in [-0.4, -0.2) is 52.7 Å². The maximum Gasteiger partial charge on any atom is 0.331 e. The number of carbonyl (C=O) groups excluding carboxylic acids is 1. The van der Waals surface area contributed by atoms with Crippen molar-refractivity contribution in [1.82, 2.24) is 0 Å². The maximum atomic E-state index is 10.8. The van der Waals surface area contributed by atoms with Gasteiger partial charge in [0, 0.05) is 37.8 Å². The summed E-state index contributed by atoms with van der Waals surface area (Å²) in [7, 11) is 1.34. The fourth-order valence-electron chi connectivity index (χ4n) is 2.74. The monoisotopic (exact) mass is 381 g/mol. The summed E-state index contributed by atoms with van der Waals surface area (Å²) in [5.74, 6) is 1.36. The molecule has 1 atom stereocenters. The molecule has 152 valence electrons. The second-order valence-corrected chi connectivity index (χ2v) is 6.45. The molecular formula is C20H31NO6. The molecule has 0 spiro atoms. The van der Waals surface area contributed by atoms with Crippen molar-refractivity contribution < 1.29 is 28.5 Å². The van der Waals surface area contributed by atoms with Crippen LogP contribution in [0.1, 0.15) is 43.7 Å². The van der Waals surface area contributed by atoms with Crippen LogP contribution in [0.4, 0.5) is 0 Å². The molecule has 1 aromatic carbocycles. The predicted octanol–water partition coefficient (Wildman–Crippen LogP) is 2.61. The number of esters is 1. The summed E-state index contributed by atoms with van der Waals surface area (Å²) in [5, 5.41) is 0. The molecular weight excluding hydrogens is 350 g/mol. The lowest BCUT2D eigenvalue weighted by Gasteiger charge is -2.23. The zero-order valence-electron chi connectivity index (χ0n) is 16.1. The van der Waals surface area contributed by atoms with E-state index >= 15 is 0 Å². The Morgan fingerprint density at radius 2 is 1.89 bits per heavy atom. The van der Waals surface area contributed by atoms with Gasteiger partial charge in [-0.15, -0.1) is 0 Å². The minimum absolute atomic E-state index is 0.000317. The number of fused-ring (bicyclic) bond motifs is 1. The smallest absolute Gasteiger partial charge is 0.331 e. The largest absolute Gasteiger partial charge is 0.494 e. The molecule has 27 heavy (non-hydrogen) atoms. The molecule has 0 saturated carbocycles. The highest BCUT2D eigenvalue weighted by molar-refractivity contribution is 5.70. The van der Waals surface area contributed by atoms with Crippen molar-refractivity contribution in [1.29, 1.82) is 0 Å². The van der Waals surface area contributed by atoms with Crippen LogP contribution >= 0.6 is 0 Å². The molecule has 0 aliphatic carbocycles. The topological polar surface area (TPSA) is 89.2 Å². The third kappa shape index (κ3) is 8.15. The zero-order valence-corrected chi connectivity index (χ0v) is 16.1. The molecule has 0 amide bonds. The van der Waals surface area contributed by atoms with Crippen molar-refractivity contribution in [2.75, 3.05) is 46.8 Å². The summed E-state index contributed by atoms with van der Waals surface area (Å²) < 4.78 is 26.6. The Hall–Kier alpha value is -1.83. The predicted molar refractivity (Wildman–Crippen MR) is 101 cm³/mol. The van der Waals surface area contributed by atoms with Gasteiger partial charge in [-0.05, 0) is 43.9 Å². The van der Waals surface area contributed by atoms with E-state index in [0.717, 1.165) is 55.8 Å². The standard InChI is InChI=1S/C20H31NO6/c1-23-20(22)15-25-11-5-10-24-9-3-2-4-12-26-16-6-7-19-17(14-16)18(21)8-13-27-19/h6-7,14,18H,2-5,8-13,15,21H2,1H3/t18-/m1/s1. The van der Waals surface area contributed by atoms with Crippen molar-refractivity contribution in [2.24, 2.45) is 5.73 Å². The van der Waals surface area contributed by atoms with Gasteiger partial charge in [0.2, 0.25) is 0 Å². The minimum atomic E-state index is -0.357. The molecule has 0 bridgehead atoms. The summed E-state index contributed by atoms with van der Waals surface area (Å²) in [5.41, 5.74) is 7.15. The SMILES string of the molecule is COC(=O)COCCCOCCCCCOc1ccc2c(c1)[C@H](N)CCO2. The highest BCUT2D eigenvalue weighted by atomic mass is 16.6. The quantitative estimate of drug-likeness (QED) is 0.415.